The molecule has 0 spiro atoms. The molecule has 1 N–H and O–H groups in total. The van der Waals surface area contributed by atoms with E-state index in [1.807, 2.05) is 24.3 Å². The zero-order valence-corrected chi connectivity index (χ0v) is 5.86. The molecule has 0 aliphatic heterocycles. The largest absolute Gasteiger partial charge is 0.396 e. The van der Waals surface area contributed by atoms with Gasteiger partial charge >= 0.3 is 0 Å². The topological polar surface area (TPSA) is 29.5 Å². The molecule has 0 saturated heterocycles. The molecule has 2 nitrogen and oxygen atoms in total. The van der Waals surface area contributed by atoms with E-state index in [0.29, 0.717) is 6.61 Å². The van der Waals surface area contributed by atoms with Crippen molar-refractivity contribution < 1.29 is 9.84 Å². The number of rotatable bonds is 4. The van der Waals surface area contributed by atoms with E-state index < -0.39 is 0 Å². The first-order chi connectivity index (χ1) is 4.93. The molecule has 1 aliphatic carbocycles. The number of ether oxygens (including phenoxy) is 1. The van der Waals surface area contributed by atoms with E-state index in [2.05, 4.69) is 0 Å². The molecule has 10 heavy (non-hydrogen) atoms. The summed E-state index contributed by atoms with van der Waals surface area (Å²) in [6.07, 6.45) is 8.76. The van der Waals surface area contributed by atoms with Gasteiger partial charge in [0.1, 0.15) is 0 Å². The van der Waals surface area contributed by atoms with Crippen molar-refractivity contribution in [1.82, 2.24) is 0 Å². The van der Waals surface area contributed by atoms with Crippen LogP contribution in [-0.4, -0.2) is 24.4 Å². The number of allylic oxidation sites excluding steroid dienone is 2. The minimum atomic E-state index is 0.145. The quantitative estimate of drug-likeness (QED) is 0.587. The molecule has 0 aromatic carbocycles. The van der Waals surface area contributed by atoms with Gasteiger partial charge in [0.2, 0.25) is 0 Å². The summed E-state index contributed by atoms with van der Waals surface area (Å²) in [5.41, 5.74) is 0. The van der Waals surface area contributed by atoms with E-state index >= 15 is 0 Å². The van der Waals surface area contributed by atoms with E-state index in [-0.39, 0.29) is 12.7 Å². The van der Waals surface area contributed by atoms with E-state index in [4.69, 9.17) is 9.84 Å². The fourth-order valence-electron chi connectivity index (χ4n) is 0.807. The summed E-state index contributed by atoms with van der Waals surface area (Å²) < 4.78 is 5.31. The highest BCUT2D eigenvalue weighted by atomic mass is 16.5. The van der Waals surface area contributed by atoms with Crippen LogP contribution < -0.4 is 0 Å². The van der Waals surface area contributed by atoms with Gasteiger partial charge in [-0.3, -0.25) is 0 Å². The van der Waals surface area contributed by atoms with Gasteiger partial charge in [-0.25, -0.2) is 0 Å². The Bertz CT molecular complexity index is 126. The summed E-state index contributed by atoms with van der Waals surface area (Å²) in [7, 11) is 0. The molecule has 2 heteroatoms. The molecule has 0 aromatic heterocycles. The van der Waals surface area contributed by atoms with Crippen LogP contribution in [0.5, 0.6) is 0 Å². The van der Waals surface area contributed by atoms with Gasteiger partial charge in [0.05, 0.1) is 6.10 Å². The summed E-state index contributed by atoms with van der Waals surface area (Å²) in [5.74, 6) is 0. The Kier molecular flexibility index (Phi) is 3.19. The lowest BCUT2D eigenvalue weighted by molar-refractivity contribution is 0.101. The summed E-state index contributed by atoms with van der Waals surface area (Å²) in [6.45, 7) is 0.843. The first-order valence-corrected chi connectivity index (χ1v) is 3.51. The van der Waals surface area contributed by atoms with Crippen LogP contribution in [0.1, 0.15) is 6.42 Å². The van der Waals surface area contributed by atoms with Crippen LogP contribution in [0.4, 0.5) is 0 Å². The second-order valence-electron chi connectivity index (χ2n) is 2.18. The highest BCUT2D eigenvalue weighted by Gasteiger charge is 2.01. The Morgan fingerprint density at radius 3 is 2.60 bits per heavy atom. The molecule has 1 rings (SSSR count). The van der Waals surface area contributed by atoms with Crippen LogP contribution in [0.15, 0.2) is 24.3 Å². The molecule has 0 saturated carbocycles. The van der Waals surface area contributed by atoms with E-state index in [1.165, 1.54) is 0 Å². The van der Waals surface area contributed by atoms with Gasteiger partial charge in [-0.15, -0.1) is 0 Å². The van der Waals surface area contributed by atoms with Gasteiger partial charge in [-0.05, 0) is 6.42 Å². The monoisotopic (exact) mass is 140 g/mol. The van der Waals surface area contributed by atoms with Gasteiger partial charge in [-0.2, -0.15) is 0 Å². The van der Waals surface area contributed by atoms with Crippen molar-refractivity contribution in [3.63, 3.8) is 0 Å². The number of aliphatic hydroxyl groups excluding tert-OH is 1. The molecule has 0 radical (unpaired) electrons. The molecule has 0 unspecified atom stereocenters. The van der Waals surface area contributed by atoms with Gasteiger partial charge in [0.15, 0.2) is 0 Å². The predicted molar refractivity (Wildman–Crippen MR) is 39.7 cm³/mol. The van der Waals surface area contributed by atoms with Gasteiger partial charge < -0.3 is 9.84 Å². The first-order valence-electron chi connectivity index (χ1n) is 3.51. The number of hydrogen-bond donors (Lipinski definition) is 1. The minimum absolute atomic E-state index is 0.145. The Balaban J connectivity index is 2.03. The Labute approximate surface area is 60.8 Å². The van der Waals surface area contributed by atoms with Gasteiger partial charge in [0, 0.05) is 13.2 Å². The third-order valence-corrected chi connectivity index (χ3v) is 1.33. The van der Waals surface area contributed by atoms with Crippen molar-refractivity contribution in [3.8, 4) is 0 Å². The van der Waals surface area contributed by atoms with Crippen LogP contribution in [0.25, 0.3) is 0 Å². The Morgan fingerprint density at radius 1 is 1.30 bits per heavy atom. The summed E-state index contributed by atoms with van der Waals surface area (Å²) in [6, 6.07) is 0. The molecule has 0 amide bonds. The molecular weight excluding hydrogens is 128 g/mol. The average Bonchev–Trinajstić information content (AvgIpc) is 2.41. The smallest absolute Gasteiger partial charge is 0.0943 e. The second-order valence-corrected chi connectivity index (χ2v) is 2.18. The molecule has 0 heterocycles. The van der Waals surface area contributed by atoms with E-state index in [1.54, 1.807) is 0 Å². The van der Waals surface area contributed by atoms with Crippen molar-refractivity contribution in [2.75, 3.05) is 13.2 Å². The summed E-state index contributed by atoms with van der Waals surface area (Å²) >= 11 is 0. The average molecular weight is 140 g/mol. The molecule has 1 aliphatic rings. The van der Waals surface area contributed by atoms with Gasteiger partial charge in [0.25, 0.3) is 0 Å². The van der Waals surface area contributed by atoms with Crippen LogP contribution in [0, 0.1) is 0 Å². The van der Waals surface area contributed by atoms with Crippen molar-refractivity contribution in [2.24, 2.45) is 0 Å². The maximum Gasteiger partial charge on any atom is 0.0943 e. The molecule has 56 valence electrons. The van der Waals surface area contributed by atoms with Crippen LogP contribution in [0.2, 0.25) is 0 Å². The fraction of sp³-hybridized carbons (Fsp3) is 0.500. The lowest BCUT2D eigenvalue weighted by atomic mass is 10.4. The molecule has 0 atom stereocenters. The Morgan fingerprint density at radius 2 is 2.00 bits per heavy atom. The second kappa shape index (κ2) is 4.25. The van der Waals surface area contributed by atoms with E-state index in [0.717, 1.165) is 6.42 Å². The third-order valence-electron chi connectivity index (χ3n) is 1.33. The lowest BCUT2D eigenvalue weighted by Crippen LogP contribution is -2.06. The SMILES string of the molecule is OCCCOC1C=CC=C1. The number of hydrogen-bond acceptors (Lipinski definition) is 2. The zero-order valence-electron chi connectivity index (χ0n) is 5.86. The maximum absolute atomic E-state index is 8.42. The predicted octanol–water partition coefficient (Wildman–Crippen LogP) is 0.880. The normalized spacial score (nSPS) is 16.9. The highest BCUT2D eigenvalue weighted by Crippen LogP contribution is 2.04. The maximum atomic E-state index is 8.42. The highest BCUT2D eigenvalue weighted by molar-refractivity contribution is 5.18. The molecular formula is C8H12O2. The Hall–Kier alpha value is -0.600. The van der Waals surface area contributed by atoms with Crippen molar-refractivity contribution in [1.29, 1.82) is 0 Å². The fourth-order valence-corrected chi connectivity index (χ4v) is 0.807. The van der Waals surface area contributed by atoms with Crippen molar-refractivity contribution >= 4 is 0 Å². The summed E-state index contributed by atoms with van der Waals surface area (Å²) in [5, 5.41) is 8.42. The standard InChI is InChI=1S/C8H12O2/c9-6-3-7-10-8-4-1-2-5-8/h1-2,4-5,8-9H,3,6-7H2. The van der Waals surface area contributed by atoms with Crippen LogP contribution >= 0.6 is 0 Å². The van der Waals surface area contributed by atoms with E-state index in [9.17, 15) is 0 Å². The minimum Gasteiger partial charge on any atom is -0.396 e. The molecule has 0 aromatic rings. The van der Waals surface area contributed by atoms with Crippen molar-refractivity contribution in [3.05, 3.63) is 24.3 Å². The lowest BCUT2D eigenvalue weighted by Gasteiger charge is -2.05. The molecule has 0 bridgehead atoms. The first kappa shape index (κ1) is 7.51. The zero-order chi connectivity index (χ0) is 7.23. The molecule has 0 fully saturated rings. The number of aliphatic hydroxyl groups is 1. The van der Waals surface area contributed by atoms with Crippen molar-refractivity contribution in [2.45, 2.75) is 12.5 Å². The third kappa shape index (κ3) is 2.33. The van der Waals surface area contributed by atoms with Gasteiger partial charge in [-0.1, -0.05) is 24.3 Å². The van der Waals surface area contributed by atoms with Crippen LogP contribution in [0.3, 0.4) is 0 Å². The summed E-state index contributed by atoms with van der Waals surface area (Å²) in [4.78, 5) is 0. The van der Waals surface area contributed by atoms with Crippen LogP contribution in [-0.2, 0) is 4.74 Å².